The Kier molecular flexibility index (Phi) is 5.07. The number of H-pyrrole nitrogens is 1. The van der Waals surface area contributed by atoms with Crippen molar-refractivity contribution in [1.29, 1.82) is 0 Å². The molecule has 0 radical (unpaired) electrons. The third-order valence-corrected chi connectivity index (χ3v) is 2.23. The van der Waals surface area contributed by atoms with Gasteiger partial charge in [-0.25, -0.2) is 0 Å². The Balaban J connectivity index is 2.40. The monoisotopic (exact) mass is 210 g/mol. The summed E-state index contributed by atoms with van der Waals surface area (Å²) in [5.41, 5.74) is 0.475. The molecular weight excluding hydrogens is 192 g/mol. The molecule has 15 heavy (non-hydrogen) atoms. The van der Waals surface area contributed by atoms with Gasteiger partial charge in [0, 0.05) is 18.8 Å². The zero-order chi connectivity index (χ0) is 11.1. The Bertz CT molecular complexity index is 335. The molecule has 1 atom stereocenters. The third-order valence-electron chi connectivity index (χ3n) is 2.23. The number of rotatable bonds is 6. The van der Waals surface area contributed by atoms with Crippen LogP contribution in [0.4, 0.5) is 0 Å². The van der Waals surface area contributed by atoms with Gasteiger partial charge in [-0.1, -0.05) is 13.3 Å². The molecule has 0 saturated carbocycles. The quantitative estimate of drug-likeness (QED) is 0.608. The lowest BCUT2D eigenvalue weighted by Crippen LogP contribution is -2.23. The van der Waals surface area contributed by atoms with Gasteiger partial charge < -0.3 is 15.4 Å². The number of pyridine rings is 1. The highest BCUT2D eigenvalue weighted by atomic mass is 16.3. The second-order valence-corrected chi connectivity index (χ2v) is 3.56. The number of aromatic amines is 1. The molecule has 0 aliphatic carbocycles. The lowest BCUT2D eigenvalue weighted by molar-refractivity contribution is 0.174. The molecule has 0 aliphatic rings. The van der Waals surface area contributed by atoms with Crippen molar-refractivity contribution in [2.45, 2.75) is 25.9 Å². The van der Waals surface area contributed by atoms with Crippen molar-refractivity contribution in [2.24, 2.45) is 0 Å². The van der Waals surface area contributed by atoms with E-state index in [9.17, 15) is 9.90 Å². The molecule has 0 saturated heterocycles. The van der Waals surface area contributed by atoms with E-state index in [2.05, 4.69) is 17.2 Å². The van der Waals surface area contributed by atoms with Crippen LogP contribution >= 0.6 is 0 Å². The summed E-state index contributed by atoms with van der Waals surface area (Å²) in [5, 5.41) is 12.9. The van der Waals surface area contributed by atoms with Gasteiger partial charge in [0.15, 0.2) is 0 Å². The van der Waals surface area contributed by atoms with E-state index in [1.54, 1.807) is 12.3 Å². The van der Waals surface area contributed by atoms with E-state index < -0.39 is 6.10 Å². The van der Waals surface area contributed by atoms with Crippen LogP contribution in [0.1, 0.15) is 31.4 Å². The van der Waals surface area contributed by atoms with Crippen molar-refractivity contribution >= 4 is 0 Å². The number of hydrogen-bond acceptors (Lipinski definition) is 3. The van der Waals surface area contributed by atoms with Crippen molar-refractivity contribution in [3.63, 3.8) is 0 Å². The van der Waals surface area contributed by atoms with Crippen molar-refractivity contribution in [3.8, 4) is 0 Å². The Morgan fingerprint density at radius 2 is 2.40 bits per heavy atom. The van der Waals surface area contributed by atoms with Gasteiger partial charge in [-0.2, -0.15) is 0 Å². The van der Waals surface area contributed by atoms with Crippen LogP contribution in [-0.2, 0) is 0 Å². The van der Waals surface area contributed by atoms with Crippen molar-refractivity contribution in [2.75, 3.05) is 13.1 Å². The Morgan fingerprint density at radius 1 is 1.60 bits per heavy atom. The van der Waals surface area contributed by atoms with Crippen molar-refractivity contribution in [3.05, 3.63) is 34.2 Å². The maximum atomic E-state index is 11.0. The highest BCUT2D eigenvalue weighted by molar-refractivity contribution is 5.13. The summed E-state index contributed by atoms with van der Waals surface area (Å²) in [4.78, 5) is 13.5. The van der Waals surface area contributed by atoms with Gasteiger partial charge >= 0.3 is 0 Å². The summed E-state index contributed by atoms with van der Waals surface area (Å²) < 4.78 is 0. The Hall–Kier alpha value is -1.13. The maximum absolute atomic E-state index is 11.0. The molecular formula is C11H18N2O2. The number of aliphatic hydroxyl groups is 1. The molecule has 1 heterocycles. The zero-order valence-corrected chi connectivity index (χ0v) is 8.99. The number of nitrogens with one attached hydrogen (secondary N) is 2. The second-order valence-electron chi connectivity index (χ2n) is 3.56. The fourth-order valence-electron chi connectivity index (χ4n) is 1.33. The smallest absolute Gasteiger partial charge is 0.248 e. The molecule has 1 aromatic rings. The van der Waals surface area contributed by atoms with Crippen LogP contribution < -0.4 is 10.9 Å². The summed E-state index contributed by atoms with van der Waals surface area (Å²) in [7, 11) is 0. The summed E-state index contributed by atoms with van der Waals surface area (Å²) in [6.07, 6.45) is 3.17. The van der Waals surface area contributed by atoms with E-state index in [0.29, 0.717) is 12.1 Å². The molecule has 0 aliphatic heterocycles. The molecule has 1 unspecified atom stereocenters. The normalized spacial score (nSPS) is 12.7. The summed E-state index contributed by atoms with van der Waals surface area (Å²) in [6.45, 7) is 3.51. The molecule has 4 nitrogen and oxygen atoms in total. The first-order chi connectivity index (χ1) is 7.24. The number of aromatic nitrogens is 1. The van der Waals surface area contributed by atoms with Crippen LogP contribution in [0.3, 0.4) is 0 Å². The average Bonchev–Trinajstić information content (AvgIpc) is 2.24. The minimum absolute atomic E-state index is 0.180. The molecule has 1 rings (SSSR count). The first kappa shape index (κ1) is 11.9. The SMILES string of the molecule is CCCCNCC(O)c1cc[nH]c(=O)c1. The predicted octanol–water partition coefficient (Wildman–Crippen LogP) is 0.798. The first-order valence-electron chi connectivity index (χ1n) is 5.31. The van der Waals surface area contributed by atoms with Crippen LogP contribution in [0, 0.1) is 0 Å². The summed E-state index contributed by atoms with van der Waals surface area (Å²) in [6, 6.07) is 3.14. The van der Waals surface area contributed by atoms with Crippen LogP contribution in [0.2, 0.25) is 0 Å². The van der Waals surface area contributed by atoms with E-state index in [1.165, 1.54) is 6.07 Å². The largest absolute Gasteiger partial charge is 0.387 e. The van der Waals surface area contributed by atoms with Gasteiger partial charge in [0.1, 0.15) is 0 Å². The zero-order valence-electron chi connectivity index (χ0n) is 8.99. The fraction of sp³-hybridized carbons (Fsp3) is 0.545. The molecule has 3 N–H and O–H groups in total. The average molecular weight is 210 g/mol. The number of unbranched alkanes of at least 4 members (excludes halogenated alkanes) is 1. The number of hydrogen-bond donors (Lipinski definition) is 3. The van der Waals surface area contributed by atoms with Crippen LogP contribution in [-0.4, -0.2) is 23.2 Å². The predicted molar refractivity (Wildman–Crippen MR) is 59.8 cm³/mol. The Morgan fingerprint density at radius 3 is 3.07 bits per heavy atom. The molecule has 84 valence electrons. The van der Waals surface area contributed by atoms with Crippen LogP contribution in [0.15, 0.2) is 23.1 Å². The number of aliphatic hydroxyl groups excluding tert-OH is 1. The molecule has 0 fully saturated rings. The van der Waals surface area contributed by atoms with Gasteiger partial charge in [0.25, 0.3) is 0 Å². The van der Waals surface area contributed by atoms with Gasteiger partial charge in [0.2, 0.25) is 5.56 Å². The maximum Gasteiger partial charge on any atom is 0.248 e. The van der Waals surface area contributed by atoms with Crippen LogP contribution in [0.25, 0.3) is 0 Å². The third kappa shape index (κ3) is 4.27. The molecule has 1 aromatic heterocycles. The minimum Gasteiger partial charge on any atom is -0.387 e. The molecule has 0 bridgehead atoms. The molecule has 4 heteroatoms. The summed E-state index contributed by atoms with van der Waals surface area (Å²) >= 11 is 0. The highest BCUT2D eigenvalue weighted by Crippen LogP contribution is 2.07. The first-order valence-corrected chi connectivity index (χ1v) is 5.31. The lowest BCUT2D eigenvalue weighted by Gasteiger charge is -2.11. The Labute approximate surface area is 89.3 Å². The fourth-order valence-corrected chi connectivity index (χ4v) is 1.33. The molecule has 0 spiro atoms. The van der Waals surface area contributed by atoms with Gasteiger partial charge in [-0.15, -0.1) is 0 Å². The summed E-state index contributed by atoms with van der Waals surface area (Å²) in [5.74, 6) is 0. The van der Waals surface area contributed by atoms with E-state index in [-0.39, 0.29) is 5.56 Å². The minimum atomic E-state index is -0.607. The van der Waals surface area contributed by atoms with Gasteiger partial charge in [0.05, 0.1) is 6.10 Å². The standard InChI is InChI=1S/C11H18N2O2/c1-2-3-5-12-8-10(14)9-4-6-13-11(15)7-9/h4,6-7,10,12,14H,2-3,5,8H2,1H3,(H,13,15). The van der Waals surface area contributed by atoms with E-state index in [1.807, 2.05) is 0 Å². The molecule has 0 aromatic carbocycles. The van der Waals surface area contributed by atoms with E-state index in [4.69, 9.17) is 0 Å². The van der Waals surface area contributed by atoms with Crippen molar-refractivity contribution in [1.82, 2.24) is 10.3 Å². The van der Waals surface area contributed by atoms with E-state index in [0.717, 1.165) is 19.4 Å². The topological polar surface area (TPSA) is 65.1 Å². The highest BCUT2D eigenvalue weighted by Gasteiger charge is 2.06. The van der Waals surface area contributed by atoms with Crippen molar-refractivity contribution < 1.29 is 5.11 Å². The molecule has 0 amide bonds. The van der Waals surface area contributed by atoms with E-state index >= 15 is 0 Å². The van der Waals surface area contributed by atoms with Gasteiger partial charge in [-0.05, 0) is 24.6 Å². The van der Waals surface area contributed by atoms with Crippen LogP contribution in [0.5, 0.6) is 0 Å². The lowest BCUT2D eigenvalue weighted by atomic mass is 10.1. The van der Waals surface area contributed by atoms with Gasteiger partial charge in [-0.3, -0.25) is 4.79 Å². The second kappa shape index (κ2) is 6.37.